The summed E-state index contributed by atoms with van der Waals surface area (Å²) in [7, 11) is 0. The van der Waals surface area contributed by atoms with E-state index in [1.807, 2.05) is 27.0 Å². The van der Waals surface area contributed by atoms with Crippen molar-refractivity contribution in [1.29, 1.82) is 0 Å². The fourth-order valence-corrected chi connectivity index (χ4v) is 3.75. The molecule has 0 bridgehead atoms. The summed E-state index contributed by atoms with van der Waals surface area (Å²) < 4.78 is 5.66. The van der Waals surface area contributed by atoms with Gasteiger partial charge in [-0.2, -0.15) is 0 Å². The van der Waals surface area contributed by atoms with Crippen molar-refractivity contribution in [2.24, 2.45) is 11.1 Å². The van der Waals surface area contributed by atoms with Crippen LogP contribution in [0.1, 0.15) is 44.0 Å². The number of nitrogens with one attached hydrogen (secondary N) is 1. The van der Waals surface area contributed by atoms with Crippen LogP contribution in [0.3, 0.4) is 0 Å². The van der Waals surface area contributed by atoms with E-state index >= 15 is 0 Å². The minimum Gasteiger partial charge on any atom is -0.378 e. The number of carbonyl (C=O) groups excluding carboxylic acids is 1. The number of aromatic nitrogens is 1. The van der Waals surface area contributed by atoms with Gasteiger partial charge in [0.25, 0.3) is 0 Å². The van der Waals surface area contributed by atoms with Gasteiger partial charge in [-0.05, 0) is 13.3 Å². The number of ether oxygens (including phenoxy) is 1. The van der Waals surface area contributed by atoms with Crippen LogP contribution in [0.25, 0.3) is 0 Å². The Labute approximate surface area is 136 Å². The number of nitrogens with two attached hydrogens (primary N) is 1. The zero-order valence-corrected chi connectivity index (χ0v) is 14.8. The average Bonchev–Trinajstić information content (AvgIpc) is 2.94. The molecule has 1 amide bonds. The molecule has 0 aliphatic heterocycles. The van der Waals surface area contributed by atoms with Crippen molar-refractivity contribution in [2.45, 2.75) is 58.6 Å². The summed E-state index contributed by atoms with van der Waals surface area (Å²) in [4.78, 5) is 18.1. The molecule has 124 valence electrons. The van der Waals surface area contributed by atoms with Gasteiger partial charge in [0.15, 0.2) is 0 Å². The van der Waals surface area contributed by atoms with E-state index in [0.29, 0.717) is 19.6 Å². The highest BCUT2D eigenvalue weighted by Crippen LogP contribution is 2.49. The van der Waals surface area contributed by atoms with E-state index in [1.54, 1.807) is 11.3 Å². The third-order valence-electron chi connectivity index (χ3n) is 4.81. The lowest BCUT2D eigenvalue weighted by molar-refractivity contribution is -0.170. The van der Waals surface area contributed by atoms with Crippen molar-refractivity contribution in [3.8, 4) is 0 Å². The average molecular weight is 325 g/mol. The Morgan fingerprint density at radius 1 is 1.55 bits per heavy atom. The molecule has 0 saturated heterocycles. The number of thiazole rings is 1. The van der Waals surface area contributed by atoms with Crippen LogP contribution in [-0.4, -0.2) is 35.7 Å². The molecule has 2 rings (SSSR count). The number of hydrogen-bond acceptors (Lipinski definition) is 5. The quantitative estimate of drug-likeness (QED) is 0.802. The highest BCUT2D eigenvalue weighted by molar-refractivity contribution is 7.11. The van der Waals surface area contributed by atoms with Crippen LogP contribution < -0.4 is 11.1 Å². The van der Waals surface area contributed by atoms with Crippen LogP contribution in [0, 0.1) is 5.41 Å². The van der Waals surface area contributed by atoms with Crippen molar-refractivity contribution < 1.29 is 9.53 Å². The minimum absolute atomic E-state index is 0.0549. The lowest BCUT2D eigenvalue weighted by Gasteiger charge is -2.57. The van der Waals surface area contributed by atoms with Gasteiger partial charge in [0.2, 0.25) is 5.91 Å². The standard InChI is InChI=1S/C16H27N3O2S/c1-5-11-10-19-13(22-11)7-8-18-14(20)16(17)9-12(21-6-2)15(16,3)4/h10,12H,5-9,17H2,1-4H3,(H,18,20). The number of hydrogen-bond donors (Lipinski definition) is 2. The molecule has 1 aliphatic rings. The maximum Gasteiger partial charge on any atom is 0.240 e. The SMILES string of the molecule is CCOC1CC(N)(C(=O)NCCc2ncc(CC)s2)C1(C)C. The van der Waals surface area contributed by atoms with Gasteiger partial charge in [-0.3, -0.25) is 4.79 Å². The zero-order valence-electron chi connectivity index (χ0n) is 13.9. The van der Waals surface area contributed by atoms with Gasteiger partial charge in [-0.1, -0.05) is 20.8 Å². The molecule has 3 N–H and O–H groups in total. The van der Waals surface area contributed by atoms with Gasteiger partial charge in [-0.15, -0.1) is 11.3 Å². The van der Waals surface area contributed by atoms with E-state index in [-0.39, 0.29) is 17.4 Å². The number of rotatable bonds is 7. The molecule has 1 aromatic rings. The summed E-state index contributed by atoms with van der Waals surface area (Å²) in [5.41, 5.74) is 5.16. The molecule has 0 radical (unpaired) electrons. The number of amides is 1. The van der Waals surface area contributed by atoms with Crippen LogP contribution >= 0.6 is 11.3 Å². The predicted molar refractivity (Wildman–Crippen MR) is 88.9 cm³/mol. The molecule has 6 heteroatoms. The Morgan fingerprint density at radius 2 is 2.27 bits per heavy atom. The first kappa shape index (κ1) is 17.4. The Hall–Kier alpha value is -0.980. The molecular formula is C16H27N3O2S. The van der Waals surface area contributed by atoms with Crippen LogP contribution in [0.2, 0.25) is 0 Å². The molecule has 1 fully saturated rings. The molecule has 1 aromatic heterocycles. The van der Waals surface area contributed by atoms with Crippen molar-refractivity contribution >= 4 is 17.2 Å². The van der Waals surface area contributed by atoms with Crippen molar-refractivity contribution in [3.63, 3.8) is 0 Å². The first-order chi connectivity index (χ1) is 10.3. The van der Waals surface area contributed by atoms with E-state index < -0.39 is 5.54 Å². The van der Waals surface area contributed by atoms with Gasteiger partial charge in [0.05, 0.1) is 11.1 Å². The Kier molecular flexibility index (Phi) is 5.25. The first-order valence-corrected chi connectivity index (χ1v) is 8.79. The molecule has 5 nitrogen and oxygen atoms in total. The highest BCUT2D eigenvalue weighted by Gasteiger charge is 2.62. The Bertz CT molecular complexity index is 529. The second-order valence-electron chi connectivity index (χ2n) is 6.42. The molecule has 2 atom stereocenters. The van der Waals surface area contributed by atoms with Gasteiger partial charge >= 0.3 is 0 Å². The second-order valence-corrected chi connectivity index (χ2v) is 7.62. The highest BCUT2D eigenvalue weighted by atomic mass is 32.1. The van der Waals surface area contributed by atoms with Gasteiger partial charge in [-0.25, -0.2) is 4.98 Å². The number of nitrogens with zero attached hydrogens (tertiary/aromatic N) is 1. The van der Waals surface area contributed by atoms with E-state index in [4.69, 9.17) is 10.5 Å². The third kappa shape index (κ3) is 3.05. The topological polar surface area (TPSA) is 77.2 Å². The molecule has 1 saturated carbocycles. The molecule has 2 unspecified atom stereocenters. The summed E-state index contributed by atoms with van der Waals surface area (Å²) in [5, 5.41) is 4.02. The predicted octanol–water partition coefficient (Wildman–Crippen LogP) is 1.90. The van der Waals surface area contributed by atoms with E-state index in [0.717, 1.165) is 17.8 Å². The van der Waals surface area contributed by atoms with Gasteiger partial charge in [0, 0.05) is 42.5 Å². The maximum absolute atomic E-state index is 12.5. The lowest BCUT2D eigenvalue weighted by atomic mass is 9.54. The van der Waals surface area contributed by atoms with Gasteiger partial charge < -0.3 is 15.8 Å². The number of aryl methyl sites for hydroxylation is 1. The molecular weight excluding hydrogens is 298 g/mol. The van der Waals surface area contributed by atoms with Crippen molar-refractivity contribution in [1.82, 2.24) is 10.3 Å². The van der Waals surface area contributed by atoms with E-state index in [9.17, 15) is 4.79 Å². The summed E-state index contributed by atoms with van der Waals surface area (Å²) in [6, 6.07) is 0. The molecule has 1 aliphatic carbocycles. The molecule has 1 heterocycles. The second kappa shape index (κ2) is 6.64. The fraction of sp³-hybridized carbons (Fsp3) is 0.750. The third-order valence-corrected chi connectivity index (χ3v) is 6.01. The monoisotopic (exact) mass is 325 g/mol. The van der Waals surface area contributed by atoms with Crippen LogP contribution in [-0.2, 0) is 22.4 Å². The summed E-state index contributed by atoms with van der Waals surface area (Å²) in [6.07, 6.45) is 4.30. The van der Waals surface area contributed by atoms with Crippen molar-refractivity contribution in [2.75, 3.05) is 13.2 Å². The summed E-state index contributed by atoms with van der Waals surface area (Å²) in [5.74, 6) is -0.0827. The van der Waals surface area contributed by atoms with Crippen LogP contribution in [0.4, 0.5) is 0 Å². The molecule has 22 heavy (non-hydrogen) atoms. The fourth-order valence-electron chi connectivity index (χ4n) is 2.89. The number of carbonyl (C=O) groups is 1. The van der Waals surface area contributed by atoms with E-state index in [2.05, 4.69) is 17.2 Å². The van der Waals surface area contributed by atoms with E-state index in [1.165, 1.54) is 4.88 Å². The first-order valence-electron chi connectivity index (χ1n) is 7.97. The normalized spacial score (nSPS) is 26.5. The van der Waals surface area contributed by atoms with Crippen molar-refractivity contribution in [3.05, 3.63) is 16.1 Å². The lowest BCUT2D eigenvalue weighted by Crippen LogP contribution is -2.75. The maximum atomic E-state index is 12.5. The van der Waals surface area contributed by atoms with Crippen LogP contribution in [0.15, 0.2) is 6.20 Å². The molecule has 0 spiro atoms. The largest absolute Gasteiger partial charge is 0.378 e. The zero-order chi connectivity index (χ0) is 16.4. The summed E-state index contributed by atoms with van der Waals surface area (Å²) >= 11 is 1.70. The smallest absolute Gasteiger partial charge is 0.240 e. The molecule has 0 aromatic carbocycles. The van der Waals surface area contributed by atoms with Gasteiger partial charge in [0.1, 0.15) is 5.54 Å². The Morgan fingerprint density at radius 3 is 2.82 bits per heavy atom. The minimum atomic E-state index is -0.843. The summed E-state index contributed by atoms with van der Waals surface area (Å²) in [6.45, 7) is 9.31. The Balaban J connectivity index is 1.84. The van der Waals surface area contributed by atoms with Crippen LogP contribution in [0.5, 0.6) is 0 Å².